The lowest BCUT2D eigenvalue weighted by Crippen LogP contribution is -2.47. The van der Waals surface area contributed by atoms with Gasteiger partial charge in [0, 0.05) is 20.5 Å². The van der Waals surface area contributed by atoms with Crippen molar-refractivity contribution >= 4 is 29.4 Å². The third kappa shape index (κ3) is 3.76. The van der Waals surface area contributed by atoms with Crippen LogP contribution >= 0.6 is 11.8 Å². The number of para-hydroxylation sites is 1. The zero-order chi connectivity index (χ0) is 18.7. The fourth-order valence-corrected chi connectivity index (χ4v) is 3.34. The molecule has 2 amide bonds. The second-order valence-corrected chi connectivity index (χ2v) is 6.73. The summed E-state index contributed by atoms with van der Waals surface area (Å²) in [5.74, 6) is 0.831. The predicted octanol–water partition coefficient (Wildman–Crippen LogP) is 3.80. The van der Waals surface area contributed by atoms with Crippen LogP contribution < -0.4 is 15.2 Å². The van der Waals surface area contributed by atoms with Gasteiger partial charge in [0.1, 0.15) is 17.2 Å². The van der Waals surface area contributed by atoms with Crippen molar-refractivity contribution in [2.24, 2.45) is 0 Å². The summed E-state index contributed by atoms with van der Waals surface area (Å²) < 4.78 is 5.93. The summed E-state index contributed by atoms with van der Waals surface area (Å²) >= 11 is 1.46. The summed E-state index contributed by atoms with van der Waals surface area (Å²) in [5, 5.41) is 2.44. The number of hydroxylamine groups is 1. The number of hydrogen-bond acceptors (Lipinski definition) is 6. The molecule has 3 rings (SSSR count). The van der Waals surface area contributed by atoms with E-state index in [0.717, 1.165) is 15.7 Å². The number of carbonyl (C=O) groups is 2. The zero-order valence-electron chi connectivity index (χ0n) is 14.7. The van der Waals surface area contributed by atoms with E-state index in [4.69, 9.17) is 9.57 Å². The number of hydrazine groups is 1. The first-order chi connectivity index (χ1) is 12.5. The first kappa shape index (κ1) is 18.1. The van der Waals surface area contributed by atoms with Crippen LogP contribution in [0, 0.1) is 0 Å². The lowest BCUT2D eigenvalue weighted by atomic mass is 10.2. The van der Waals surface area contributed by atoms with E-state index in [1.54, 1.807) is 33.2 Å². The minimum atomic E-state index is -0.579. The van der Waals surface area contributed by atoms with Crippen LogP contribution in [-0.4, -0.2) is 31.1 Å². The molecule has 0 atom stereocenters. The maximum atomic E-state index is 12.6. The molecule has 0 aromatic heterocycles. The van der Waals surface area contributed by atoms with Crippen molar-refractivity contribution in [1.82, 2.24) is 10.4 Å². The number of nitrogens with one attached hydrogen (secondary N) is 1. The number of nitrogens with zero attached hydrogens (tertiary/aromatic N) is 2. The quantitative estimate of drug-likeness (QED) is 0.704. The minimum Gasteiger partial charge on any atom is -0.455 e. The molecule has 1 aliphatic rings. The summed E-state index contributed by atoms with van der Waals surface area (Å²) in [6, 6.07) is 12.3. The Morgan fingerprint density at radius 2 is 1.85 bits per heavy atom. The number of carbonyl (C=O) groups excluding carboxylic acids is 2. The average molecular weight is 373 g/mol. The van der Waals surface area contributed by atoms with Crippen LogP contribution in [0.15, 0.2) is 52.3 Å². The molecule has 0 saturated carbocycles. The van der Waals surface area contributed by atoms with Crippen molar-refractivity contribution in [2.45, 2.75) is 23.1 Å². The summed E-state index contributed by atoms with van der Waals surface area (Å²) in [7, 11) is 3.35. The lowest BCUT2D eigenvalue weighted by molar-refractivity contribution is -0.143. The second kappa shape index (κ2) is 7.67. The summed E-state index contributed by atoms with van der Waals surface area (Å²) in [6.07, 6.45) is 0.146. The van der Waals surface area contributed by atoms with Gasteiger partial charge in [-0.15, -0.1) is 5.06 Å². The van der Waals surface area contributed by atoms with Crippen molar-refractivity contribution < 1.29 is 19.2 Å². The van der Waals surface area contributed by atoms with E-state index in [1.807, 2.05) is 30.3 Å². The smallest absolute Gasteiger partial charge is 0.370 e. The maximum Gasteiger partial charge on any atom is 0.370 e. The average Bonchev–Trinajstić information content (AvgIpc) is 2.63. The van der Waals surface area contributed by atoms with E-state index in [0.29, 0.717) is 16.3 Å². The van der Waals surface area contributed by atoms with Crippen molar-refractivity contribution in [3.05, 3.63) is 42.5 Å². The van der Waals surface area contributed by atoms with Crippen LogP contribution in [-0.2, 0) is 9.63 Å². The Morgan fingerprint density at radius 1 is 1.12 bits per heavy atom. The van der Waals surface area contributed by atoms with E-state index in [1.165, 1.54) is 16.8 Å². The highest BCUT2D eigenvalue weighted by Crippen LogP contribution is 2.50. The highest BCUT2D eigenvalue weighted by molar-refractivity contribution is 7.99. The molecule has 0 unspecified atom stereocenters. The van der Waals surface area contributed by atoms with Crippen molar-refractivity contribution in [1.29, 1.82) is 0 Å². The molecule has 1 heterocycles. The third-order valence-electron chi connectivity index (χ3n) is 3.44. The molecule has 0 saturated heterocycles. The van der Waals surface area contributed by atoms with Gasteiger partial charge in [-0.2, -0.15) is 0 Å². The molecule has 2 aromatic rings. The molecule has 26 heavy (non-hydrogen) atoms. The number of benzene rings is 2. The first-order valence-corrected chi connectivity index (χ1v) is 8.88. The molecular formula is C18H19N3O4S. The Balaban J connectivity index is 2.00. The maximum absolute atomic E-state index is 12.6. The molecule has 8 heteroatoms. The number of urea groups is 1. The number of ether oxygens (including phenoxy) is 1. The van der Waals surface area contributed by atoms with Crippen LogP contribution in [0.3, 0.4) is 0 Å². The topological polar surface area (TPSA) is 71.1 Å². The Bertz CT molecular complexity index is 841. The Morgan fingerprint density at radius 3 is 2.58 bits per heavy atom. The van der Waals surface area contributed by atoms with E-state index < -0.39 is 12.0 Å². The van der Waals surface area contributed by atoms with Gasteiger partial charge in [0.25, 0.3) is 0 Å². The fraction of sp³-hybridized carbons (Fsp3) is 0.222. The Hall–Kier alpha value is -2.71. The van der Waals surface area contributed by atoms with Crippen molar-refractivity contribution in [3.63, 3.8) is 0 Å². The molecule has 0 spiro atoms. The van der Waals surface area contributed by atoms with Gasteiger partial charge in [0.05, 0.1) is 9.79 Å². The normalized spacial score (nSPS) is 11.8. The molecular weight excluding hydrogens is 354 g/mol. The number of fused-ring (bicyclic) bond motifs is 2. The van der Waals surface area contributed by atoms with Crippen LogP contribution in [0.1, 0.15) is 13.3 Å². The van der Waals surface area contributed by atoms with Crippen molar-refractivity contribution in [2.75, 3.05) is 19.2 Å². The molecule has 2 aromatic carbocycles. The molecule has 0 radical (unpaired) electrons. The van der Waals surface area contributed by atoms with Gasteiger partial charge in [0.15, 0.2) is 0 Å². The van der Waals surface area contributed by atoms with Gasteiger partial charge in [-0.05, 0) is 24.3 Å². The zero-order valence-corrected chi connectivity index (χ0v) is 15.5. The van der Waals surface area contributed by atoms with Gasteiger partial charge in [-0.1, -0.05) is 36.9 Å². The van der Waals surface area contributed by atoms with Gasteiger partial charge in [-0.3, -0.25) is 5.43 Å². The van der Waals surface area contributed by atoms with Gasteiger partial charge < -0.3 is 9.57 Å². The molecule has 0 fully saturated rings. The summed E-state index contributed by atoms with van der Waals surface area (Å²) in [5.41, 5.74) is 3.02. The molecule has 136 valence electrons. The molecule has 1 N–H and O–H groups in total. The highest BCUT2D eigenvalue weighted by Gasteiger charge is 2.28. The lowest BCUT2D eigenvalue weighted by Gasteiger charge is -2.27. The number of rotatable bonds is 3. The predicted molar refractivity (Wildman–Crippen MR) is 98.2 cm³/mol. The third-order valence-corrected chi connectivity index (χ3v) is 4.62. The SMILES string of the molecule is CCC(=O)ON(C(=O)NN(C)C)c1cccc2c1Sc1ccccc1O2. The van der Waals surface area contributed by atoms with Crippen LogP contribution in [0.25, 0.3) is 0 Å². The van der Waals surface area contributed by atoms with Gasteiger partial charge >= 0.3 is 12.0 Å². The number of amides is 2. The largest absolute Gasteiger partial charge is 0.455 e. The summed E-state index contributed by atoms with van der Waals surface area (Å²) in [4.78, 5) is 31.3. The van der Waals surface area contributed by atoms with Gasteiger partial charge in [-0.25, -0.2) is 14.6 Å². The minimum absolute atomic E-state index is 0.146. The molecule has 7 nitrogen and oxygen atoms in total. The monoisotopic (exact) mass is 373 g/mol. The van der Waals surface area contributed by atoms with Crippen LogP contribution in [0.5, 0.6) is 11.5 Å². The van der Waals surface area contributed by atoms with Crippen molar-refractivity contribution in [3.8, 4) is 11.5 Å². The highest BCUT2D eigenvalue weighted by atomic mass is 32.2. The molecule has 0 bridgehead atoms. The van der Waals surface area contributed by atoms with E-state index >= 15 is 0 Å². The Kier molecular flexibility index (Phi) is 5.34. The number of anilines is 1. The molecule has 1 aliphatic heterocycles. The fourth-order valence-electron chi connectivity index (χ4n) is 2.30. The Labute approximate surface area is 155 Å². The van der Waals surface area contributed by atoms with E-state index in [2.05, 4.69) is 5.43 Å². The number of hydrogen-bond donors (Lipinski definition) is 1. The van der Waals surface area contributed by atoms with Crippen LogP contribution in [0.2, 0.25) is 0 Å². The van der Waals surface area contributed by atoms with Gasteiger partial charge in [0.2, 0.25) is 0 Å². The summed E-state index contributed by atoms with van der Waals surface area (Å²) in [6.45, 7) is 1.67. The molecule has 0 aliphatic carbocycles. The van der Waals surface area contributed by atoms with Crippen LogP contribution in [0.4, 0.5) is 10.5 Å². The standard InChI is InChI=1S/C18H19N3O4S/c1-4-16(22)25-21(18(23)19-20(2)3)12-8-7-10-14-17(12)26-15-11-6-5-9-13(15)24-14/h5-11H,4H2,1-3H3,(H,19,23). The first-order valence-electron chi connectivity index (χ1n) is 8.06. The van der Waals surface area contributed by atoms with E-state index in [-0.39, 0.29) is 6.42 Å². The van der Waals surface area contributed by atoms with E-state index in [9.17, 15) is 9.59 Å². The second-order valence-electron chi connectivity index (χ2n) is 5.68.